The second-order valence-electron chi connectivity index (χ2n) is 5.46. The van der Waals surface area contributed by atoms with Gasteiger partial charge in [-0.2, -0.15) is 13.2 Å². The lowest BCUT2D eigenvalue weighted by molar-refractivity contribution is -0.137. The molecule has 22 heavy (non-hydrogen) atoms. The third-order valence-corrected chi connectivity index (χ3v) is 3.85. The van der Waals surface area contributed by atoms with Gasteiger partial charge in [-0.3, -0.25) is 0 Å². The van der Waals surface area contributed by atoms with Crippen molar-refractivity contribution in [3.05, 3.63) is 41.2 Å². The highest BCUT2D eigenvalue weighted by atomic mass is 32.2. The van der Waals surface area contributed by atoms with Gasteiger partial charge >= 0.3 is 6.18 Å². The molecule has 0 fully saturated rings. The maximum atomic E-state index is 13.0. The van der Waals surface area contributed by atoms with Crippen LogP contribution in [0.3, 0.4) is 0 Å². The molecule has 0 saturated heterocycles. The van der Waals surface area contributed by atoms with E-state index in [0.29, 0.717) is 18.2 Å². The van der Waals surface area contributed by atoms with Crippen molar-refractivity contribution in [2.45, 2.75) is 32.0 Å². The van der Waals surface area contributed by atoms with E-state index in [1.165, 1.54) is 17.8 Å². The minimum absolute atomic E-state index is 0.0561. The molecule has 0 bridgehead atoms. The van der Waals surface area contributed by atoms with Gasteiger partial charge in [0.25, 0.3) is 0 Å². The molecule has 2 rings (SSSR count). The molecule has 120 valence electrons. The monoisotopic (exact) mass is 333 g/mol. The van der Waals surface area contributed by atoms with Crippen LogP contribution >= 0.6 is 11.8 Å². The Kier molecular flexibility index (Phi) is 4.84. The normalized spacial score (nSPS) is 17.6. The van der Waals surface area contributed by atoms with Crippen LogP contribution in [0.15, 0.2) is 29.4 Å². The van der Waals surface area contributed by atoms with E-state index in [9.17, 15) is 17.6 Å². The summed E-state index contributed by atoms with van der Waals surface area (Å²) in [6.45, 7) is 3.82. The van der Waals surface area contributed by atoms with Crippen molar-refractivity contribution in [3.63, 3.8) is 0 Å². The molecular weight excluding hydrogens is 318 g/mol. The smallest absolute Gasteiger partial charge is 0.389 e. The average molecular weight is 333 g/mol. The summed E-state index contributed by atoms with van der Waals surface area (Å²) in [5.74, 6) is -0.439. The summed E-state index contributed by atoms with van der Waals surface area (Å²) in [5.41, 5.74) is -1.36. The van der Waals surface area contributed by atoms with Crippen molar-refractivity contribution >= 4 is 22.9 Å². The molecule has 1 aliphatic heterocycles. The third-order valence-electron chi connectivity index (χ3n) is 2.94. The molecular formula is C15H15F4NOS. The quantitative estimate of drug-likeness (QED) is 0.718. The molecule has 0 N–H and O–H groups in total. The fourth-order valence-corrected chi connectivity index (χ4v) is 2.84. The molecule has 1 aromatic rings. The van der Waals surface area contributed by atoms with E-state index in [0.717, 1.165) is 17.2 Å². The second-order valence-corrected chi connectivity index (χ2v) is 6.55. The summed E-state index contributed by atoms with van der Waals surface area (Å²) in [6, 6.07) is 2.64. The Morgan fingerprint density at radius 3 is 2.68 bits per heavy atom. The number of hydrogen-bond acceptors (Lipinski definition) is 3. The van der Waals surface area contributed by atoms with Crippen molar-refractivity contribution in [2.75, 3.05) is 5.75 Å². The van der Waals surface area contributed by atoms with Gasteiger partial charge in [0.15, 0.2) is 0 Å². The van der Waals surface area contributed by atoms with Crippen molar-refractivity contribution in [1.29, 1.82) is 0 Å². The summed E-state index contributed by atoms with van der Waals surface area (Å²) in [7, 11) is 0. The van der Waals surface area contributed by atoms with Gasteiger partial charge in [-0.1, -0.05) is 23.4 Å². The Morgan fingerprint density at radius 1 is 1.36 bits per heavy atom. The van der Waals surface area contributed by atoms with Gasteiger partial charge in [0.05, 0.1) is 5.56 Å². The number of thioether (sulfide) groups is 1. The molecule has 0 atom stereocenters. The maximum absolute atomic E-state index is 13.0. The standard InChI is InChI=1S/C15H15F4NOS/c1-14(2)9-13(20-21-14)22-7-3-4-10-5-6-11(16)8-12(10)15(17,18)19/h3-6,8H,7,9H2,1-2H3. The van der Waals surface area contributed by atoms with Gasteiger partial charge in [0.1, 0.15) is 16.5 Å². The first-order chi connectivity index (χ1) is 10.2. The fourth-order valence-electron chi connectivity index (χ4n) is 1.92. The van der Waals surface area contributed by atoms with E-state index >= 15 is 0 Å². The number of halogens is 4. The van der Waals surface area contributed by atoms with E-state index in [2.05, 4.69) is 5.16 Å². The highest BCUT2D eigenvalue weighted by Crippen LogP contribution is 2.33. The Hall–Kier alpha value is -1.50. The first-order valence-corrected chi connectivity index (χ1v) is 7.57. The molecule has 0 unspecified atom stereocenters. The molecule has 1 aliphatic rings. The number of alkyl halides is 3. The van der Waals surface area contributed by atoms with E-state index in [4.69, 9.17) is 4.84 Å². The predicted octanol–water partition coefficient (Wildman–Crippen LogP) is 5.10. The Bertz CT molecular complexity index is 608. The number of hydrogen-bond donors (Lipinski definition) is 0. The molecule has 2 nitrogen and oxygen atoms in total. The van der Waals surface area contributed by atoms with Crippen LogP contribution in [0.1, 0.15) is 31.4 Å². The van der Waals surface area contributed by atoms with Gasteiger partial charge in [-0.05, 0) is 31.5 Å². The third kappa shape index (κ3) is 4.50. The zero-order valence-electron chi connectivity index (χ0n) is 12.1. The highest BCUT2D eigenvalue weighted by molar-refractivity contribution is 8.14. The molecule has 0 saturated carbocycles. The predicted molar refractivity (Wildman–Crippen MR) is 80.1 cm³/mol. The summed E-state index contributed by atoms with van der Waals surface area (Å²) < 4.78 is 51.5. The minimum Gasteiger partial charge on any atom is -0.389 e. The summed E-state index contributed by atoms with van der Waals surface area (Å²) in [5, 5.41) is 4.73. The van der Waals surface area contributed by atoms with Crippen molar-refractivity contribution < 1.29 is 22.4 Å². The Morgan fingerprint density at radius 2 is 2.09 bits per heavy atom. The van der Waals surface area contributed by atoms with Gasteiger partial charge in [-0.15, -0.1) is 11.8 Å². The molecule has 1 heterocycles. The average Bonchev–Trinajstić information content (AvgIpc) is 2.74. The largest absolute Gasteiger partial charge is 0.417 e. The first kappa shape index (κ1) is 16.9. The van der Waals surface area contributed by atoms with E-state index < -0.39 is 17.6 Å². The summed E-state index contributed by atoms with van der Waals surface area (Å²) >= 11 is 1.40. The number of oxime groups is 1. The van der Waals surface area contributed by atoms with E-state index in [1.54, 1.807) is 6.08 Å². The van der Waals surface area contributed by atoms with E-state index in [1.807, 2.05) is 13.8 Å². The Balaban J connectivity index is 1.99. The topological polar surface area (TPSA) is 21.6 Å². The van der Waals surface area contributed by atoms with Crippen LogP contribution in [0, 0.1) is 5.82 Å². The zero-order valence-corrected chi connectivity index (χ0v) is 12.9. The SMILES string of the molecule is CC1(C)CC(SCC=Cc2ccc(F)cc2C(F)(F)F)=NO1. The van der Waals surface area contributed by atoms with Crippen LogP contribution in [-0.4, -0.2) is 16.4 Å². The second kappa shape index (κ2) is 6.32. The lowest BCUT2D eigenvalue weighted by Crippen LogP contribution is -2.18. The number of nitrogens with zero attached hydrogens (tertiary/aromatic N) is 1. The fraction of sp³-hybridized carbons (Fsp3) is 0.400. The molecule has 0 amide bonds. The number of rotatable bonds is 3. The summed E-state index contributed by atoms with van der Waals surface area (Å²) in [4.78, 5) is 5.20. The van der Waals surface area contributed by atoms with Gasteiger partial charge in [0.2, 0.25) is 0 Å². The van der Waals surface area contributed by atoms with Crippen molar-refractivity contribution in [1.82, 2.24) is 0 Å². The van der Waals surface area contributed by atoms with Crippen LogP contribution < -0.4 is 0 Å². The minimum atomic E-state index is -4.58. The summed E-state index contributed by atoms with van der Waals surface area (Å²) in [6.07, 6.45) is -0.962. The lowest BCUT2D eigenvalue weighted by atomic mass is 10.1. The maximum Gasteiger partial charge on any atom is 0.417 e. The molecule has 1 aromatic carbocycles. The Labute approximate surface area is 130 Å². The number of benzene rings is 1. The molecule has 0 spiro atoms. The van der Waals surface area contributed by atoms with Crippen LogP contribution in [-0.2, 0) is 11.0 Å². The van der Waals surface area contributed by atoms with Gasteiger partial charge in [-0.25, -0.2) is 4.39 Å². The molecule has 0 radical (unpaired) electrons. The molecule has 7 heteroatoms. The van der Waals surface area contributed by atoms with Crippen LogP contribution in [0.2, 0.25) is 0 Å². The highest BCUT2D eigenvalue weighted by Gasteiger charge is 2.33. The molecule has 0 aliphatic carbocycles. The van der Waals surface area contributed by atoms with Crippen LogP contribution in [0.4, 0.5) is 17.6 Å². The zero-order chi connectivity index (χ0) is 16.4. The van der Waals surface area contributed by atoms with Gasteiger partial charge < -0.3 is 4.84 Å². The van der Waals surface area contributed by atoms with Crippen LogP contribution in [0.25, 0.3) is 6.08 Å². The van der Waals surface area contributed by atoms with Crippen molar-refractivity contribution in [3.8, 4) is 0 Å². The van der Waals surface area contributed by atoms with Gasteiger partial charge in [0, 0.05) is 12.2 Å². The first-order valence-electron chi connectivity index (χ1n) is 6.58. The van der Waals surface area contributed by atoms with E-state index in [-0.39, 0.29) is 11.2 Å². The molecule has 0 aromatic heterocycles. The van der Waals surface area contributed by atoms with Crippen molar-refractivity contribution in [2.24, 2.45) is 5.16 Å². The lowest BCUT2D eigenvalue weighted by Gasteiger charge is -2.12. The van der Waals surface area contributed by atoms with Crippen LogP contribution in [0.5, 0.6) is 0 Å².